The van der Waals surface area contributed by atoms with E-state index in [1.165, 1.54) is 6.07 Å². The lowest BCUT2D eigenvalue weighted by Crippen LogP contribution is -2.21. The van der Waals surface area contributed by atoms with Crippen LogP contribution in [0, 0.1) is 17.1 Å². The first-order valence-electron chi connectivity index (χ1n) is 7.82. The quantitative estimate of drug-likeness (QED) is 0.624. The van der Waals surface area contributed by atoms with Crippen LogP contribution in [0.3, 0.4) is 0 Å². The Morgan fingerprint density at radius 2 is 1.69 bits per heavy atom. The molecule has 2 aromatic heterocycles. The summed E-state index contributed by atoms with van der Waals surface area (Å²) in [7, 11) is 0. The van der Waals surface area contributed by atoms with Gasteiger partial charge in [-0.05, 0) is 24.3 Å². The second kappa shape index (κ2) is 8.79. The van der Waals surface area contributed by atoms with Crippen molar-refractivity contribution < 1.29 is 27.5 Å². The van der Waals surface area contributed by atoms with E-state index >= 15 is 0 Å². The highest BCUT2D eigenvalue weighted by Gasteiger charge is 2.38. The SMILES string of the molecule is N#Cc1c(-c2ccccc2F)cc(-c2ccccn2)nc1N.O=C(O)C(F)(F)F. The van der Waals surface area contributed by atoms with Crippen LogP contribution in [0.1, 0.15) is 5.56 Å². The van der Waals surface area contributed by atoms with Crippen molar-refractivity contribution in [2.24, 2.45) is 0 Å². The molecule has 0 amide bonds. The summed E-state index contributed by atoms with van der Waals surface area (Å²) in [6.07, 6.45) is -3.45. The van der Waals surface area contributed by atoms with Crippen LogP contribution in [-0.2, 0) is 4.79 Å². The molecule has 0 bridgehead atoms. The highest BCUT2D eigenvalue weighted by atomic mass is 19.4. The Bertz CT molecular complexity index is 1060. The second-order valence-electron chi connectivity index (χ2n) is 5.42. The molecule has 29 heavy (non-hydrogen) atoms. The number of benzene rings is 1. The van der Waals surface area contributed by atoms with Crippen LogP contribution in [0.25, 0.3) is 22.5 Å². The van der Waals surface area contributed by atoms with Crippen molar-refractivity contribution >= 4 is 11.8 Å². The van der Waals surface area contributed by atoms with E-state index in [2.05, 4.69) is 9.97 Å². The third-order valence-corrected chi connectivity index (χ3v) is 3.49. The molecule has 0 aliphatic rings. The van der Waals surface area contributed by atoms with E-state index in [-0.39, 0.29) is 11.4 Å². The number of alkyl halides is 3. The van der Waals surface area contributed by atoms with Gasteiger partial charge in [0.05, 0.1) is 11.4 Å². The third-order valence-electron chi connectivity index (χ3n) is 3.49. The summed E-state index contributed by atoms with van der Waals surface area (Å²) in [5.41, 5.74) is 7.86. The Balaban J connectivity index is 0.000000370. The minimum atomic E-state index is -5.08. The van der Waals surface area contributed by atoms with E-state index < -0.39 is 18.0 Å². The topological polar surface area (TPSA) is 113 Å². The third kappa shape index (κ3) is 5.26. The lowest BCUT2D eigenvalue weighted by atomic mass is 9.99. The Morgan fingerprint density at radius 1 is 1.07 bits per heavy atom. The Morgan fingerprint density at radius 3 is 2.21 bits per heavy atom. The number of halogens is 4. The van der Waals surface area contributed by atoms with Gasteiger partial charge in [0.25, 0.3) is 0 Å². The standard InChI is InChI=1S/C17H11FN4.C2HF3O2/c18-14-6-2-1-5-11(14)12-9-16(15-7-3-4-8-21-15)22-17(20)13(12)10-19;3-2(4,5)1(6)7/h1-9H,(H2,20,22);(H,6,7). The maximum Gasteiger partial charge on any atom is 0.490 e. The molecular formula is C19H12F4N4O2. The van der Waals surface area contributed by atoms with Crippen LogP contribution in [0.15, 0.2) is 54.7 Å². The molecule has 1 aromatic carbocycles. The first-order valence-corrected chi connectivity index (χ1v) is 7.82. The largest absolute Gasteiger partial charge is 0.490 e. The Labute approximate surface area is 161 Å². The average molecular weight is 404 g/mol. The molecule has 6 nitrogen and oxygen atoms in total. The molecule has 2 heterocycles. The zero-order valence-electron chi connectivity index (χ0n) is 14.5. The number of hydrogen-bond acceptors (Lipinski definition) is 5. The van der Waals surface area contributed by atoms with E-state index in [0.717, 1.165) is 0 Å². The molecule has 0 saturated heterocycles. The van der Waals surface area contributed by atoms with Crippen molar-refractivity contribution in [2.75, 3.05) is 5.73 Å². The van der Waals surface area contributed by atoms with Crippen molar-refractivity contribution in [1.29, 1.82) is 5.26 Å². The van der Waals surface area contributed by atoms with Crippen molar-refractivity contribution in [2.45, 2.75) is 6.18 Å². The average Bonchev–Trinajstić information content (AvgIpc) is 2.68. The molecule has 148 valence electrons. The summed E-state index contributed by atoms with van der Waals surface area (Å²) in [5.74, 6) is -3.12. The number of rotatable bonds is 2. The van der Waals surface area contributed by atoms with E-state index in [1.54, 1.807) is 42.6 Å². The van der Waals surface area contributed by atoms with Gasteiger partial charge in [0.2, 0.25) is 0 Å². The van der Waals surface area contributed by atoms with Crippen LogP contribution in [0.4, 0.5) is 23.4 Å². The molecule has 10 heteroatoms. The van der Waals surface area contributed by atoms with Crippen LogP contribution < -0.4 is 5.73 Å². The lowest BCUT2D eigenvalue weighted by molar-refractivity contribution is -0.192. The number of pyridine rings is 2. The molecular weight excluding hydrogens is 392 g/mol. The number of hydrogen-bond donors (Lipinski definition) is 2. The number of nitrogen functional groups attached to an aromatic ring is 1. The Hall–Kier alpha value is -4.00. The molecule has 0 unspecified atom stereocenters. The summed E-state index contributed by atoms with van der Waals surface area (Å²) in [6, 6.07) is 15.3. The van der Waals surface area contributed by atoms with Gasteiger partial charge >= 0.3 is 12.1 Å². The normalized spacial score (nSPS) is 10.4. The number of aliphatic carboxylic acids is 1. The summed E-state index contributed by atoms with van der Waals surface area (Å²) >= 11 is 0. The van der Waals surface area contributed by atoms with Crippen molar-refractivity contribution in [1.82, 2.24) is 9.97 Å². The van der Waals surface area contributed by atoms with Gasteiger partial charge in [-0.2, -0.15) is 18.4 Å². The van der Waals surface area contributed by atoms with E-state index in [0.29, 0.717) is 22.5 Å². The van der Waals surface area contributed by atoms with Crippen molar-refractivity contribution in [3.8, 4) is 28.6 Å². The van der Waals surface area contributed by atoms with Gasteiger partial charge in [0.15, 0.2) is 0 Å². The first kappa shape index (κ1) is 21.3. The first-order chi connectivity index (χ1) is 13.6. The predicted octanol–water partition coefficient (Wildman–Crippen LogP) is 4.04. The minimum Gasteiger partial charge on any atom is -0.475 e. The fourth-order valence-electron chi connectivity index (χ4n) is 2.22. The second-order valence-corrected chi connectivity index (χ2v) is 5.42. The van der Waals surface area contributed by atoms with E-state index in [9.17, 15) is 22.8 Å². The highest BCUT2D eigenvalue weighted by molar-refractivity contribution is 5.79. The molecule has 0 spiro atoms. The van der Waals surface area contributed by atoms with E-state index in [4.69, 9.17) is 15.6 Å². The number of carbonyl (C=O) groups is 1. The molecule has 3 N–H and O–H groups in total. The predicted molar refractivity (Wildman–Crippen MR) is 95.7 cm³/mol. The molecule has 0 aliphatic carbocycles. The molecule has 3 aromatic rings. The van der Waals surface area contributed by atoms with Crippen molar-refractivity contribution in [3.05, 3.63) is 66.1 Å². The smallest absolute Gasteiger partial charge is 0.475 e. The van der Waals surface area contributed by atoms with Crippen molar-refractivity contribution in [3.63, 3.8) is 0 Å². The number of aromatic nitrogens is 2. The minimum absolute atomic E-state index is 0.0592. The van der Waals surface area contributed by atoms with Gasteiger partial charge in [-0.1, -0.05) is 24.3 Å². The molecule has 0 radical (unpaired) electrons. The Kier molecular flexibility index (Phi) is 6.46. The molecule has 0 saturated carbocycles. The van der Waals surface area contributed by atoms with Crippen LogP contribution >= 0.6 is 0 Å². The number of nitrogens with two attached hydrogens (primary N) is 1. The summed E-state index contributed by atoms with van der Waals surface area (Å²) in [5, 5.41) is 16.4. The molecule has 0 aliphatic heterocycles. The number of nitrogens with zero attached hydrogens (tertiary/aromatic N) is 3. The summed E-state index contributed by atoms with van der Waals surface area (Å²) in [4.78, 5) is 17.3. The molecule has 3 rings (SSSR count). The van der Waals surface area contributed by atoms with Gasteiger partial charge in [-0.25, -0.2) is 14.2 Å². The number of nitriles is 1. The summed E-state index contributed by atoms with van der Waals surface area (Å²) < 4.78 is 45.8. The number of carboxylic acid groups (broad SMARTS) is 1. The maximum atomic E-state index is 14.1. The van der Waals surface area contributed by atoms with E-state index in [1.807, 2.05) is 12.1 Å². The van der Waals surface area contributed by atoms with Gasteiger partial charge in [-0.3, -0.25) is 4.98 Å². The van der Waals surface area contributed by atoms with Gasteiger partial charge in [-0.15, -0.1) is 0 Å². The van der Waals surface area contributed by atoms with Crippen LogP contribution in [0.2, 0.25) is 0 Å². The fourth-order valence-corrected chi connectivity index (χ4v) is 2.22. The highest BCUT2D eigenvalue weighted by Crippen LogP contribution is 2.31. The number of carboxylic acids is 1. The monoisotopic (exact) mass is 404 g/mol. The zero-order chi connectivity index (χ0) is 21.6. The lowest BCUT2D eigenvalue weighted by Gasteiger charge is -2.10. The van der Waals surface area contributed by atoms with Gasteiger partial charge in [0.1, 0.15) is 23.3 Å². The maximum absolute atomic E-state index is 14.1. The van der Waals surface area contributed by atoms with Gasteiger partial charge in [0, 0.05) is 17.3 Å². The van der Waals surface area contributed by atoms with Gasteiger partial charge < -0.3 is 10.8 Å². The summed E-state index contributed by atoms with van der Waals surface area (Å²) in [6.45, 7) is 0. The fraction of sp³-hybridized carbons (Fsp3) is 0.0526. The van der Waals surface area contributed by atoms with Crippen LogP contribution in [-0.4, -0.2) is 27.2 Å². The van der Waals surface area contributed by atoms with Crippen LogP contribution in [0.5, 0.6) is 0 Å². The molecule has 0 fully saturated rings. The number of anilines is 1. The zero-order valence-corrected chi connectivity index (χ0v) is 14.5. The molecule has 0 atom stereocenters.